The number of hydrogen-bond acceptors (Lipinski definition) is 5. The number of carbonyl (C=O) groups is 1. The van der Waals surface area contributed by atoms with Crippen LogP contribution in [0, 0.1) is 11.3 Å². The molecule has 2 saturated heterocycles. The molecular weight excluding hydrogens is 316 g/mol. The summed E-state index contributed by atoms with van der Waals surface area (Å²) < 4.78 is 1.76. The molecule has 132 valence electrons. The Bertz CT molecular complexity index is 731. The van der Waals surface area contributed by atoms with Crippen molar-refractivity contribution in [2.75, 3.05) is 19.6 Å². The van der Waals surface area contributed by atoms with E-state index in [1.54, 1.807) is 35.4 Å². The lowest BCUT2D eigenvalue weighted by atomic mass is 9.68. The first-order valence-corrected chi connectivity index (χ1v) is 8.89. The van der Waals surface area contributed by atoms with Crippen molar-refractivity contribution in [1.29, 1.82) is 0 Å². The van der Waals surface area contributed by atoms with Crippen LogP contribution in [0.5, 0.6) is 0 Å². The van der Waals surface area contributed by atoms with E-state index < -0.39 is 0 Å². The third-order valence-electron chi connectivity index (χ3n) is 5.56. The molecule has 25 heavy (non-hydrogen) atoms. The maximum atomic E-state index is 12.7. The normalized spacial score (nSPS) is 23.3. The molecule has 2 aliphatic rings. The van der Waals surface area contributed by atoms with Gasteiger partial charge in [-0.2, -0.15) is 0 Å². The highest BCUT2D eigenvalue weighted by atomic mass is 16.2. The molecule has 0 spiro atoms. The average Bonchev–Trinajstić information content (AvgIpc) is 3.16. The van der Waals surface area contributed by atoms with E-state index in [1.807, 2.05) is 4.90 Å². The van der Waals surface area contributed by atoms with Gasteiger partial charge in [0.15, 0.2) is 11.5 Å². The second-order valence-corrected chi connectivity index (χ2v) is 7.72. The summed E-state index contributed by atoms with van der Waals surface area (Å²) in [4.78, 5) is 18.6. The van der Waals surface area contributed by atoms with Crippen LogP contribution in [0.4, 0.5) is 0 Å². The monoisotopic (exact) mass is 340 g/mol. The van der Waals surface area contributed by atoms with E-state index in [0.717, 1.165) is 32.5 Å². The molecule has 2 fully saturated rings. The summed E-state index contributed by atoms with van der Waals surface area (Å²) in [7, 11) is 0. The van der Waals surface area contributed by atoms with E-state index in [0.29, 0.717) is 28.9 Å². The highest BCUT2D eigenvalue weighted by Gasteiger charge is 2.43. The minimum Gasteiger partial charge on any atom is -0.337 e. The van der Waals surface area contributed by atoms with E-state index in [4.69, 9.17) is 0 Å². The van der Waals surface area contributed by atoms with Crippen LogP contribution in [0.3, 0.4) is 0 Å². The highest BCUT2D eigenvalue weighted by molar-refractivity contribution is 5.92. The molecule has 1 unspecified atom stereocenters. The van der Waals surface area contributed by atoms with Gasteiger partial charge < -0.3 is 10.2 Å². The quantitative estimate of drug-likeness (QED) is 0.917. The second-order valence-electron chi connectivity index (χ2n) is 7.72. The van der Waals surface area contributed by atoms with Crippen LogP contribution in [0.2, 0.25) is 0 Å². The Labute approximate surface area is 147 Å². The molecule has 0 aliphatic carbocycles. The molecule has 0 radical (unpaired) electrons. The Morgan fingerprint density at radius 3 is 2.56 bits per heavy atom. The van der Waals surface area contributed by atoms with Crippen molar-refractivity contribution in [3.8, 4) is 5.82 Å². The molecule has 2 aromatic heterocycles. The van der Waals surface area contributed by atoms with Gasteiger partial charge in [-0.3, -0.25) is 9.36 Å². The number of aromatic nitrogens is 4. The van der Waals surface area contributed by atoms with Gasteiger partial charge in [0.25, 0.3) is 5.91 Å². The first-order chi connectivity index (χ1) is 12.0. The zero-order chi connectivity index (χ0) is 17.4. The lowest BCUT2D eigenvalue weighted by Gasteiger charge is -2.51. The number of amides is 1. The number of nitrogens with zero attached hydrogens (tertiary/aromatic N) is 5. The number of rotatable bonds is 3. The zero-order valence-corrected chi connectivity index (χ0v) is 14.7. The Morgan fingerprint density at radius 1 is 1.24 bits per heavy atom. The number of carbonyl (C=O) groups excluding carboxylic acids is 1. The van der Waals surface area contributed by atoms with Gasteiger partial charge in [-0.1, -0.05) is 13.8 Å². The third-order valence-corrected chi connectivity index (χ3v) is 5.56. The van der Waals surface area contributed by atoms with Gasteiger partial charge in [-0.15, -0.1) is 10.2 Å². The number of nitrogens with one attached hydrogen (secondary N) is 1. The Hall–Kier alpha value is -2.28. The fourth-order valence-electron chi connectivity index (χ4n) is 4.00. The molecule has 2 aromatic rings. The molecule has 7 nitrogen and oxygen atoms in total. The van der Waals surface area contributed by atoms with Gasteiger partial charge in [0.2, 0.25) is 0 Å². The van der Waals surface area contributed by atoms with E-state index in [-0.39, 0.29) is 5.91 Å². The molecule has 0 aromatic carbocycles. The van der Waals surface area contributed by atoms with Gasteiger partial charge in [0.1, 0.15) is 6.33 Å². The molecule has 1 atom stereocenters. The van der Waals surface area contributed by atoms with Crippen molar-refractivity contribution in [1.82, 2.24) is 30.0 Å². The zero-order valence-electron chi connectivity index (χ0n) is 14.7. The third kappa shape index (κ3) is 3.04. The van der Waals surface area contributed by atoms with E-state index >= 15 is 0 Å². The largest absolute Gasteiger partial charge is 0.337 e. The highest BCUT2D eigenvalue weighted by Crippen LogP contribution is 2.37. The van der Waals surface area contributed by atoms with Crippen molar-refractivity contribution < 1.29 is 4.79 Å². The molecule has 0 bridgehead atoms. The Kier molecular flexibility index (Phi) is 4.03. The van der Waals surface area contributed by atoms with Crippen LogP contribution in [0.15, 0.2) is 30.9 Å². The number of likely N-dealkylation sites (tertiary alicyclic amines) is 1. The Balaban J connectivity index is 1.37. The lowest BCUT2D eigenvalue weighted by molar-refractivity contribution is 0.0352. The number of imidazole rings is 1. The van der Waals surface area contributed by atoms with Gasteiger partial charge >= 0.3 is 0 Å². The van der Waals surface area contributed by atoms with Crippen LogP contribution < -0.4 is 5.32 Å². The van der Waals surface area contributed by atoms with Gasteiger partial charge in [-0.05, 0) is 36.3 Å². The van der Waals surface area contributed by atoms with Crippen molar-refractivity contribution in [2.24, 2.45) is 11.3 Å². The van der Waals surface area contributed by atoms with Crippen molar-refractivity contribution in [3.63, 3.8) is 0 Å². The lowest BCUT2D eigenvalue weighted by Crippen LogP contribution is -2.63. The van der Waals surface area contributed by atoms with Gasteiger partial charge in [0.05, 0.1) is 0 Å². The SMILES string of the molecule is CC1(C)CNC1C1CCN(C(=O)c2ccc(-n3ccnc3)nn2)CC1. The molecule has 0 saturated carbocycles. The summed E-state index contributed by atoms with van der Waals surface area (Å²) in [5.74, 6) is 1.29. The molecule has 2 aliphatic heterocycles. The van der Waals surface area contributed by atoms with E-state index in [2.05, 4.69) is 34.3 Å². The van der Waals surface area contributed by atoms with Crippen LogP contribution in [0.1, 0.15) is 37.2 Å². The topological polar surface area (TPSA) is 75.9 Å². The second kappa shape index (κ2) is 6.22. The number of hydrogen-bond donors (Lipinski definition) is 1. The van der Waals surface area contributed by atoms with Crippen molar-refractivity contribution in [3.05, 3.63) is 36.5 Å². The first kappa shape index (κ1) is 16.2. The Morgan fingerprint density at radius 2 is 2.04 bits per heavy atom. The van der Waals surface area contributed by atoms with E-state index in [1.165, 1.54) is 0 Å². The molecule has 4 rings (SSSR count). The molecule has 4 heterocycles. The summed E-state index contributed by atoms with van der Waals surface area (Å²) in [6.07, 6.45) is 7.24. The number of piperidine rings is 1. The maximum Gasteiger partial charge on any atom is 0.274 e. The van der Waals surface area contributed by atoms with E-state index in [9.17, 15) is 4.79 Å². The summed E-state index contributed by atoms with van der Waals surface area (Å²) in [5, 5.41) is 11.8. The smallest absolute Gasteiger partial charge is 0.274 e. The predicted octanol–water partition coefficient (Wildman–Crippen LogP) is 1.51. The summed E-state index contributed by atoms with van der Waals surface area (Å²) in [6.45, 7) is 7.33. The van der Waals surface area contributed by atoms with Crippen molar-refractivity contribution >= 4 is 5.91 Å². The van der Waals surface area contributed by atoms with Gasteiger partial charge in [0, 0.05) is 38.1 Å². The van der Waals surface area contributed by atoms with Crippen molar-refractivity contribution in [2.45, 2.75) is 32.7 Å². The van der Waals surface area contributed by atoms with Crippen LogP contribution in [-0.4, -0.2) is 56.2 Å². The summed E-state index contributed by atoms with van der Waals surface area (Å²) in [6, 6.07) is 4.13. The first-order valence-electron chi connectivity index (χ1n) is 8.89. The molecule has 1 N–H and O–H groups in total. The fourth-order valence-corrected chi connectivity index (χ4v) is 4.00. The van der Waals surface area contributed by atoms with Crippen LogP contribution in [-0.2, 0) is 0 Å². The maximum absolute atomic E-state index is 12.7. The summed E-state index contributed by atoms with van der Waals surface area (Å²) >= 11 is 0. The van der Waals surface area contributed by atoms with Crippen LogP contribution in [0.25, 0.3) is 5.82 Å². The van der Waals surface area contributed by atoms with Crippen LogP contribution >= 0.6 is 0 Å². The summed E-state index contributed by atoms with van der Waals surface area (Å²) in [5.41, 5.74) is 0.787. The molecule has 1 amide bonds. The van der Waals surface area contributed by atoms with Gasteiger partial charge in [-0.25, -0.2) is 4.98 Å². The predicted molar refractivity (Wildman–Crippen MR) is 93.4 cm³/mol. The molecular formula is C18H24N6O. The molecule has 7 heteroatoms. The average molecular weight is 340 g/mol. The minimum absolute atomic E-state index is 0.0241. The standard InChI is InChI=1S/C18H24N6O/c1-18(2)11-20-16(18)13-5-8-23(9-6-13)17(25)14-3-4-15(22-21-14)24-10-7-19-12-24/h3-4,7,10,12-13,16,20H,5-6,8-9,11H2,1-2H3. The fraction of sp³-hybridized carbons (Fsp3) is 0.556. The minimum atomic E-state index is -0.0241.